The number of nitrogens with zero attached hydrogens (tertiary/aromatic N) is 1. The molecule has 3 aromatic rings. The number of rotatable bonds is 12. The highest BCUT2D eigenvalue weighted by Crippen LogP contribution is 2.51. The molecule has 0 bridgehead atoms. The zero-order chi connectivity index (χ0) is 29.9. The Morgan fingerprint density at radius 3 is 2.69 bits per heavy atom. The first kappa shape index (κ1) is 30.6. The van der Waals surface area contributed by atoms with Crippen LogP contribution in [-0.4, -0.2) is 31.4 Å². The molecule has 0 radical (unpaired) electrons. The van der Waals surface area contributed by atoms with Crippen molar-refractivity contribution in [3.63, 3.8) is 0 Å². The van der Waals surface area contributed by atoms with E-state index in [2.05, 4.69) is 24.3 Å². The van der Waals surface area contributed by atoms with Gasteiger partial charge in [0.2, 0.25) is 0 Å². The number of benzene rings is 2. The molecule has 4 nitrogen and oxygen atoms in total. The maximum Gasteiger partial charge on any atom is 0.130 e. The van der Waals surface area contributed by atoms with Crippen molar-refractivity contribution in [1.29, 1.82) is 0 Å². The van der Waals surface area contributed by atoms with Gasteiger partial charge in [-0.3, -0.25) is 4.21 Å². The Kier molecular flexibility index (Phi) is 9.31. The lowest BCUT2D eigenvalue weighted by atomic mass is 9.79. The quantitative estimate of drug-likeness (QED) is 0.225. The monoisotopic (exact) mass is 601 g/mol. The minimum Gasteiger partial charge on any atom is -0.386 e. The summed E-state index contributed by atoms with van der Waals surface area (Å²) in [5, 5.41) is 12.3. The zero-order valence-electron chi connectivity index (χ0n) is 24.7. The Labute approximate surface area is 257 Å². The highest BCUT2D eigenvalue weighted by Gasteiger charge is 2.45. The molecule has 0 saturated heterocycles. The zero-order valence-corrected chi connectivity index (χ0v) is 26.3. The number of ketones is 1. The fourth-order valence-electron chi connectivity index (χ4n) is 6.18. The number of hydrogen-bond acceptors (Lipinski definition) is 4. The van der Waals surface area contributed by atoms with Gasteiger partial charge in [0.1, 0.15) is 5.78 Å². The van der Waals surface area contributed by atoms with Crippen molar-refractivity contribution in [3.05, 3.63) is 100 Å². The summed E-state index contributed by atoms with van der Waals surface area (Å²) in [5.41, 5.74) is 3.79. The van der Waals surface area contributed by atoms with E-state index in [-0.39, 0.29) is 22.4 Å². The van der Waals surface area contributed by atoms with Crippen LogP contribution in [-0.2, 0) is 15.6 Å². The van der Waals surface area contributed by atoms with Gasteiger partial charge in [-0.15, -0.1) is 0 Å². The summed E-state index contributed by atoms with van der Waals surface area (Å²) >= 11 is 6.17. The first-order valence-electron chi connectivity index (χ1n) is 14.8. The van der Waals surface area contributed by atoms with E-state index in [1.807, 2.05) is 74.5 Å². The lowest BCUT2D eigenvalue weighted by Gasteiger charge is -2.31. The van der Waals surface area contributed by atoms with Crippen molar-refractivity contribution >= 4 is 51.2 Å². The molecule has 1 saturated carbocycles. The van der Waals surface area contributed by atoms with Crippen LogP contribution in [0.2, 0.25) is 5.02 Å². The molecule has 1 fully saturated rings. The van der Waals surface area contributed by atoms with E-state index in [1.165, 1.54) is 0 Å². The van der Waals surface area contributed by atoms with Crippen molar-refractivity contribution < 1.29 is 14.1 Å². The van der Waals surface area contributed by atoms with Gasteiger partial charge in [-0.2, -0.15) is 0 Å². The smallest absolute Gasteiger partial charge is 0.130 e. The molecule has 0 aliphatic heterocycles. The van der Waals surface area contributed by atoms with Crippen molar-refractivity contribution in [3.8, 4) is 0 Å². The van der Waals surface area contributed by atoms with Crippen LogP contribution in [0.4, 0.5) is 0 Å². The third kappa shape index (κ3) is 7.75. The molecule has 1 aromatic heterocycles. The molecule has 2 aliphatic carbocycles. The minimum absolute atomic E-state index is 0.108. The maximum atomic E-state index is 14.1. The van der Waals surface area contributed by atoms with Gasteiger partial charge in [0.25, 0.3) is 0 Å². The standard InChI is InChI=1S/C36H40ClNO3S/c1-25(39)23-36(19-20-36)24-42(41)34(18-14-27-8-4-5-10-32(27)35(2,3)40)29-9-6-7-26(21-29)11-16-31-17-13-28-12-15-30(37)22-33(28)38-31/h4-7,9-13,15-17,21-22,27,34,40H,8,14,18-20,23-24H2,1-3H3/b16-11+/t27?,34-,42?/m1/s1. The van der Waals surface area contributed by atoms with Gasteiger partial charge in [0.05, 0.1) is 22.1 Å². The van der Waals surface area contributed by atoms with Gasteiger partial charge in [0.15, 0.2) is 0 Å². The maximum absolute atomic E-state index is 14.1. The number of hydrogen-bond donors (Lipinski definition) is 1. The molecule has 3 atom stereocenters. The van der Waals surface area contributed by atoms with Gasteiger partial charge in [-0.05, 0) is 105 Å². The Hall–Kier alpha value is -2.86. The van der Waals surface area contributed by atoms with Crippen LogP contribution < -0.4 is 0 Å². The van der Waals surface area contributed by atoms with E-state index in [4.69, 9.17) is 16.6 Å². The number of fused-ring (bicyclic) bond motifs is 1. The summed E-state index contributed by atoms with van der Waals surface area (Å²) in [6.45, 7) is 5.32. The number of pyridine rings is 1. The highest BCUT2D eigenvalue weighted by molar-refractivity contribution is 7.85. The Morgan fingerprint density at radius 2 is 1.95 bits per heavy atom. The fraction of sp³-hybridized carbons (Fsp3) is 0.389. The first-order chi connectivity index (χ1) is 20.0. The molecule has 5 rings (SSSR count). The molecule has 42 heavy (non-hydrogen) atoms. The predicted octanol–water partition coefficient (Wildman–Crippen LogP) is 8.66. The van der Waals surface area contributed by atoms with Crippen molar-refractivity contribution in [2.24, 2.45) is 11.3 Å². The molecular weight excluding hydrogens is 562 g/mol. The largest absolute Gasteiger partial charge is 0.386 e. The van der Waals surface area contributed by atoms with Crippen LogP contribution in [0.25, 0.3) is 23.1 Å². The average Bonchev–Trinajstić information content (AvgIpc) is 3.69. The Morgan fingerprint density at radius 1 is 1.17 bits per heavy atom. The van der Waals surface area contributed by atoms with Gasteiger partial charge >= 0.3 is 0 Å². The number of allylic oxidation sites excluding steroid dienone is 3. The Balaban J connectivity index is 1.38. The number of aliphatic hydroxyl groups is 1. The lowest BCUT2D eigenvalue weighted by Crippen LogP contribution is -2.29. The fourth-order valence-corrected chi connectivity index (χ4v) is 8.39. The number of Topliss-reactive ketones (excluding diaryl/α,β-unsaturated/α-hetero) is 1. The summed E-state index contributed by atoms with van der Waals surface area (Å²) in [6.07, 6.45) is 15.1. The van der Waals surface area contributed by atoms with E-state index >= 15 is 0 Å². The molecule has 2 aromatic carbocycles. The van der Waals surface area contributed by atoms with Crippen LogP contribution in [0.15, 0.2) is 78.4 Å². The third-order valence-electron chi connectivity index (χ3n) is 8.51. The second kappa shape index (κ2) is 12.8. The van der Waals surface area contributed by atoms with E-state index in [0.29, 0.717) is 17.2 Å². The van der Waals surface area contributed by atoms with Crippen molar-refractivity contribution in [1.82, 2.24) is 4.98 Å². The summed E-state index contributed by atoms with van der Waals surface area (Å²) in [7, 11) is -1.14. The van der Waals surface area contributed by atoms with E-state index < -0.39 is 16.4 Å². The topological polar surface area (TPSA) is 67.3 Å². The average molecular weight is 602 g/mol. The second-order valence-electron chi connectivity index (χ2n) is 12.6. The van der Waals surface area contributed by atoms with Gasteiger partial charge in [-0.1, -0.05) is 72.3 Å². The summed E-state index contributed by atoms with van der Waals surface area (Å²) in [6, 6.07) is 18.0. The van der Waals surface area contributed by atoms with Gasteiger partial charge in [0, 0.05) is 33.4 Å². The lowest BCUT2D eigenvalue weighted by molar-refractivity contribution is -0.118. The molecule has 0 amide bonds. The number of aromatic nitrogens is 1. The van der Waals surface area contributed by atoms with Crippen molar-refractivity contribution in [2.75, 3.05) is 5.75 Å². The van der Waals surface area contributed by atoms with Gasteiger partial charge in [-0.25, -0.2) is 4.98 Å². The summed E-state index contributed by atoms with van der Waals surface area (Å²) < 4.78 is 14.1. The molecule has 1 heterocycles. The molecule has 2 aliphatic rings. The molecule has 220 valence electrons. The molecule has 6 heteroatoms. The van der Waals surface area contributed by atoms with Crippen molar-refractivity contribution in [2.45, 2.75) is 70.1 Å². The van der Waals surface area contributed by atoms with Crippen LogP contribution in [0, 0.1) is 11.3 Å². The second-order valence-corrected chi connectivity index (χ2v) is 14.6. The normalized spacial score (nSPS) is 19.5. The molecule has 1 N–H and O–H groups in total. The Bertz CT molecular complexity index is 1580. The van der Waals surface area contributed by atoms with E-state index in [9.17, 15) is 14.1 Å². The SMILES string of the molecule is CC(=O)CC1(CS(=O)[C@H](CCC2CC=CC=C2C(C)(C)O)c2cccc(/C=C/c3ccc4ccc(Cl)cc4n3)c2)CC1. The van der Waals surface area contributed by atoms with Crippen LogP contribution >= 0.6 is 11.6 Å². The minimum atomic E-state index is -1.14. The first-order valence-corrected chi connectivity index (χ1v) is 16.6. The number of carbonyl (C=O) groups is 1. The third-order valence-corrected chi connectivity index (χ3v) is 10.8. The van der Waals surface area contributed by atoms with Crippen LogP contribution in [0.1, 0.15) is 81.4 Å². The van der Waals surface area contributed by atoms with E-state index in [0.717, 1.165) is 65.4 Å². The summed E-state index contributed by atoms with van der Waals surface area (Å²) in [5.74, 6) is 0.934. The van der Waals surface area contributed by atoms with Crippen LogP contribution in [0.5, 0.6) is 0 Å². The van der Waals surface area contributed by atoms with Crippen LogP contribution in [0.3, 0.4) is 0 Å². The number of carbonyl (C=O) groups excluding carboxylic acids is 1. The molecular formula is C36H40ClNO3S. The van der Waals surface area contributed by atoms with Gasteiger partial charge < -0.3 is 9.90 Å². The predicted molar refractivity (Wildman–Crippen MR) is 176 cm³/mol. The highest BCUT2D eigenvalue weighted by atomic mass is 35.5. The van der Waals surface area contributed by atoms with E-state index in [1.54, 1.807) is 6.92 Å². The molecule has 2 unspecified atom stereocenters. The summed E-state index contributed by atoms with van der Waals surface area (Å²) in [4.78, 5) is 16.7. The number of halogens is 1. The molecule has 0 spiro atoms.